The Morgan fingerprint density at radius 1 is 1.05 bits per heavy atom. The minimum Gasteiger partial charge on any atom is -0.493 e. The Morgan fingerprint density at radius 2 is 1.76 bits per heavy atom. The largest absolute Gasteiger partial charge is 0.493 e. The van der Waals surface area contributed by atoms with Crippen molar-refractivity contribution in [1.29, 1.82) is 0 Å². The van der Waals surface area contributed by atoms with Crippen LogP contribution in [0.4, 0.5) is 5.69 Å². The summed E-state index contributed by atoms with van der Waals surface area (Å²) >= 11 is 0. The molecule has 0 N–H and O–H groups in total. The van der Waals surface area contributed by atoms with Gasteiger partial charge in [-0.25, -0.2) is 0 Å². The molecule has 0 unspecified atom stereocenters. The smallest absolute Gasteiger partial charge is 0.315 e. The Morgan fingerprint density at radius 3 is 2.46 bits per heavy atom. The number of hydrogen-bond donors (Lipinski definition) is 0. The van der Waals surface area contributed by atoms with Crippen molar-refractivity contribution in [3.05, 3.63) is 88.0 Å². The summed E-state index contributed by atoms with van der Waals surface area (Å²) in [6.07, 6.45) is 6.12. The number of imide groups is 1. The second-order valence-electron chi connectivity index (χ2n) is 9.49. The van der Waals surface area contributed by atoms with Gasteiger partial charge < -0.3 is 9.47 Å². The lowest BCUT2D eigenvalue weighted by Crippen LogP contribution is -2.28. The van der Waals surface area contributed by atoms with Gasteiger partial charge in [-0.05, 0) is 40.7 Å². The van der Waals surface area contributed by atoms with E-state index in [-0.39, 0.29) is 59.3 Å². The highest BCUT2D eigenvalue weighted by molar-refractivity contribution is 6.06. The number of hydrazone groups is 1. The molecule has 0 radical (unpaired) electrons. The van der Waals surface area contributed by atoms with Crippen molar-refractivity contribution in [2.24, 2.45) is 28.8 Å². The highest BCUT2D eigenvalue weighted by atomic mass is 16.6. The Balaban J connectivity index is 1.27. The fraction of sp³-hybridized carbons (Fsp3) is 0.250. The molecule has 3 aromatic carbocycles. The summed E-state index contributed by atoms with van der Waals surface area (Å²) in [5.74, 6) is -1.09. The summed E-state index contributed by atoms with van der Waals surface area (Å²) in [6, 6.07) is 16.4. The number of nitro groups is 1. The van der Waals surface area contributed by atoms with Crippen molar-refractivity contribution in [2.45, 2.75) is 13.0 Å². The third-order valence-corrected chi connectivity index (χ3v) is 7.50. The molecule has 6 rings (SSSR count). The third-order valence-electron chi connectivity index (χ3n) is 7.50. The summed E-state index contributed by atoms with van der Waals surface area (Å²) in [7, 11) is 1.39. The summed E-state index contributed by atoms with van der Waals surface area (Å²) in [5.41, 5.74) is 0.874. The van der Waals surface area contributed by atoms with Crippen molar-refractivity contribution in [1.82, 2.24) is 5.01 Å². The first-order chi connectivity index (χ1) is 18.0. The van der Waals surface area contributed by atoms with E-state index in [0.29, 0.717) is 5.56 Å². The highest BCUT2D eigenvalue weighted by Crippen LogP contribution is 2.52. The molecule has 1 heterocycles. The van der Waals surface area contributed by atoms with Crippen LogP contribution in [0.2, 0.25) is 0 Å². The van der Waals surface area contributed by atoms with Crippen LogP contribution >= 0.6 is 0 Å². The molecule has 1 saturated heterocycles. The average molecular weight is 498 g/mol. The van der Waals surface area contributed by atoms with Crippen molar-refractivity contribution < 1.29 is 24.0 Å². The number of nitrogens with zero attached hydrogens (tertiary/aromatic N) is 3. The molecule has 9 heteroatoms. The zero-order chi connectivity index (χ0) is 25.7. The Hall–Kier alpha value is -4.53. The summed E-state index contributed by atoms with van der Waals surface area (Å²) in [5, 5.41) is 19.0. The number of nitro benzene ring substituents is 1. The van der Waals surface area contributed by atoms with Gasteiger partial charge in [0.05, 0.1) is 30.1 Å². The van der Waals surface area contributed by atoms with Crippen molar-refractivity contribution in [3.8, 4) is 11.5 Å². The molecule has 9 nitrogen and oxygen atoms in total. The zero-order valence-corrected chi connectivity index (χ0v) is 19.9. The van der Waals surface area contributed by atoms with Gasteiger partial charge in [-0.2, -0.15) is 10.1 Å². The van der Waals surface area contributed by atoms with Gasteiger partial charge in [0.25, 0.3) is 11.8 Å². The first-order valence-corrected chi connectivity index (χ1v) is 12.0. The lowest BCUT2D eigenvalue weighted by Gasteiger charge is -2.14. The normalized spacial score (nSPS) is 23.9. The first kappa shape index (κ1) is 22.9. The first-order valence-electron chi connectivity index (χ1n) is 12.0. The van der Waals surface area contributed by atoms with Gasteiger partial charge in [-0.1, -0.05) is 54.6 Å². The van der Waals surface area contributed by atoms with Gasteiger partial charge in [0.1, 0.15) is 6.61 Å². The van der Waals surface area contributed by atoms with Crippen LogP contribution in [0.5, 0.6) is 11.5 Å². The maximum atomic E-state index is 12.9. The maximum Gasteiger partial charge on any atom is 0.315 e. The molecule has 186 valence electrons. The molecule has 2 fully saturated rings. The van der Waals surface area contributed by atoms with Crippen LogP contribution in [-0.4, -0.2) is 35.1 Å². The standard InChI is InChI=1S/C28H23N3O6/c1-36-23-12-16(14-29-30-27(32)24-18-9-10-19(13-18)25(24)28(30)33)11-22(31(34)35)26(23)37-15-20-7-4-6-17-5-2-3-8-21(17)20/h2-12,14,18-19,24-25H,13,15H2,1H3/t18-,19-,24-,25+/m0/s1. The monoisotopic (exact) mass is 497 g/mol. The molecule has 1 aliphatic heterocycles. The predicted octanol–water partition coefficient (Wildman–Crippen LogP) is 4.48. The van der Waals surface area contributed by atoms with E-state index in [1.807, 2.05) is 54.6 Å². The molecule has 1 saturated carbocycles. The predicted molar refractivity (Wildman–Crippen MR) is 135 cm³/mol. The second-order valence-corrected chi connectivity index (χ2v) is 9.49. The van der Waals surface area contributed by atoms with Crippen molar-refractivity contribution in [3.63, 3.8) is 0 Å². The molecule has 4 atom stereocenters. The Labute approximate surface area is 212 Å². The summed E-state index contributed by atoms with van der Waals surface area (Å²) in [4.78, 5) is 37.1. The number of allylic oxidation sites excluding steroid dienone is 2. The molecular weight excluding hydrogens is 474 g/mol. The Kier molecular flexibility index (Phi) is 5.48. The lowest BCUT2D eigenvalue weighted by atomic mass is 9.85. The van der Waals surface area contributed by atoms with E-state index in [1.165, 1.54) is 25.5 Å². The minimum absolute atomic E-state index is 0.0110. The molecule has 2 aliphatic carbocycles. The Bertz CT molecular complexity index is 1480. The van der Waals surface area contributed by atoms with Gasteiger partial charge in [0, 0.05) is 11.6 Å². The zero-order valence-electron chi connectivity index (χ0n) is 19.9. The van der Waals surface area contributed by atoms with E-state index in [0.717, 1.165) is 27.8 Å². The number of carbonyl (C=O) groups is 2. The van der Waals surface area contributed by atoms with Crippen LogP contribution in [0.25, 0.3) is 10.8 Å². The number of fused-ring (bicyclic) bond motifs is 6. The molecule has 0 spiro atoms. The topological polar surface area (TPSA) is 111 Å². The molecular formula is C28H23N3O6. The number of hydrogen-bond acceptors (Lipinski definition) is 7. The van der Waals surface area contributed by atoms with E-state index in [1.54, 1.807) is 0 Å². The van der Waals surface area contributed by atoms with Gasteiger partial charge >= 0.3 is 5.69 Å². The number of carbonyl (C=O) groups excluding carboxylic acids is 2. The van der Waals surface area contributed by atoms with Crippen LogP contribution in [0, 0.1) is 33.8 Å². The van der Waals surface area contributed by atoms with Gasteiger partial charge in [0.2, 0.25) is 5.75 Å². The fourth-order valence-corrected chi connectivity index (χ4v) is 5.81. The van der Waals surface area contributed by atoms with Crippen LogP contribution in [0.3, 0.4) is 0 Å². The molecule has 3 aliphatic rings. The summed E-state index contributed by atoms with van der Waals surface area (Å²) in [6.45, 7) is 0.0991. The summed E-state index contributed by atoms with van der Waals surface area (Å²) < 4.78 is 11.3. The third kappa shape index (κ3) is 3.74. The van der Waals surface area contributed by atoms with E-state index in [2.05, 4.69) is 5.10 Å². The SMILES string of the molecule is COc1cc(C=NN2C(=O)[C@@H]3[C@H](C2=O)[C@H]2C=C[C@H]3C2)cc([N+](=O)[O-])c1OCc1cccc2ccccc12. The molecule has 37 heavy (non-hydrogen) atoms. The van der Waals surface area contributed by atoms with Crippen LogP contribution in [0.1, 0.15) is 17.5 Å². The molecule has 2 bridgehead atoms. The lowest BCUT2D eigenvalue weighted by molar-refractivity contribution is -0.386. The molecule has 3 aromatic rings. The van der Waals surface area contributed by atoms with Gasteiger partial charge in [-0.15, -0.1) is 0 Å². The fourth-order valence-electron chi connectivity index (χ4n) is 5.81. The number of rotatable bonds is 7. The van der Waals surface area contributed by atoms with E-state index in [4.69, 9.17) is 9.47 Å². The molecule has 0 aromatic heterocycles. The second kappa shape index (κ2) is 8.85. The van der Waals surface area contributed by atoms with Gasteiger partial charge in [-0.3, -0.25) is 19.7 Å². The molecule has 2 amide bonds. The average Bonchev–Trinajstić information content (AvgIpc) is 3.60. The van der Waals surface area contributed by atoms with Crippen LogP contribution in [0.15, 0.2) is 71.9 Å². The van der Waals surface area contributed by atoms with E-state index in [9.17, 15) is 19.7 Å². The minimum atomic E-state index is -0.557. The number of methoxy groups -OCH3 is 1. The van der Waals surface area contributed by atoms with E-state index < -0.39 is 4.92 Å². The van der Waals surface area contributed by atoms with Gasteiger partial charge in [0.15, 0.2) is 5.75 Å². The quantitative estimate of drug-likeness (QED) is 0.156. The van der Waals surface area contributed by atoms with Crippen LogP contribution < -0.4 is 9.47 Å². The number of amides is 2. The van der Waals surface area contributed by atoms with E-state index >= 15 is 0 Å². The van der Waals surface area contributed by atoms with Crippen LogP contribution in [-0.2, 0) is 16.2 Å². The highest BCUT2D eigenvalue weighted by Gasteiger charge is 2.59. The number of ether oxygens (including phenoxy) is 2. The maximum absolute atomic E-state index is 12.9. The van der Waals surface area contributed by atoms with Crippen molar-refractivity contribution >= 4 is 34.5 Å². The van der Waals surface area contributed by atoms with Crippen molar-refractivity contribution in [2.75, 3.05) is 7.11 Å². The number of benzene rings is 3.